The number of benzene rings is 1. The number of hydrogen-bond donors (Lipinski definition) is 2. The van der Waals surface area contributed by atoms with Crippen molar-refractivity contribution in [1.29, 1.82) is 0 Å². The van der Waals surface area contributed by atoms with Crippen molar-refractivity contribution >= 4 is 23.2 Å². The number of nitrogens with one attached hydrogen (secondary N) is 1. The van der Waals surface area contributed by atoms with Gasteiger partial charge in [0.15, 0.2) is 0 Å². The molecule has 4 nitrogen and oxygen atoms in total. The van der Waals surface area contributed by atoms with Gasteiger partial charge in [0.1, 0.15) is 0 Å². The fraction of sp³-hybridized carbons (Fsp3) is 0.417. The highest BCUT2D eigenvalue weighted by Crippen LogP contribution is 2.19. The molecule has 0 aliphatic heterocycles. The van der Waals surface area contributed by atoms with Crippen molar-refractivity contribution < 1.29 is 9.53 Å². The molecule has 1 atom stereocenters. The fourth-order valence-corrected chi connectivity index (χ4v) is 1.48. The van der Waals surface area contributed by atoms with Crippen molar-refractivity contribution in [2.75, 3.05) is 19.5 Å². The average Bonchev–Trinajstić information content (AvgIpc) is 2.30. The highest BCUT2D eigenvalue weighted by molar-refractivity contribution is 6.33. The highest BCUT2D eigenvalue weighted by atomic mass is 35.5. The summed E-state index contributed by atoms with van der Waals surface area (Å²) in [5.74, 6) is -0.156. The van der Waals surface area contributed by atoms with Crippen molar-refractivity contribution in [3.8, 4) is 0 Å². The Morgan fingerprint density at radius 3 is 2.88 bits per heavy atom. The predicted octanol–water partition coefficient (Wildman–Crippen LogP) is 2.08. The van der Waals surface area contributed by atoms with Gasteiger partial charge in [-0.1, -0.05) is 11.6 Å². The number of hydrogen-bond acceptors (Lipinski definition) is 3. The maximum atomic E-state index is 11.8. The lowest BCUT2D eigenvalue weighted by Crippen LogP contribution is -2.33. The molecule has 0 aliphatic rings. The number of ether oxygens (including phenoxy) is 1. The molecule has 1 aromatic carbocycles. The Labute approximate surface area is 106 Å². The van der Waals surface area contributed by atoms with E-state index in [0.717, 1.165) is 6.42 Å². The number of carbonyl (C=O) groups is 1. The second kappa shape index (κ2) is 6.47. The quantitative estimate of drug-likeness (QED) is 0.793. The van der Waals surface area contributed by atoms with Gasteiger partial charge in [-0.2, -0.15) is 0 Å². The molecule has 0 saturated heterocycles. The van der Waals surface area contributed by atoms with E-state index >= 15 is 0 Å². The molecule has 1 aromatic rings. The van der Waals surface area contributed by atoms with Crippen LogP contribution in [0.4, 0.5) is 5.69 Å². The Morgan fingerprint density at radius 1 is 1.59 bits per heavy atom. The molecule has 0 radical (unpaired) electrons. The zero-order valence-corrected chi connectivity index (χ0v) is 10.8. The van der Waals surface area contributed by atoms with Crippen LogP contribution in [0.25, 0.3) is 0 Å². The van der Waals surface area contributed by atoms with E-state index in [1.54, 1.807) is 25.3 Å². The van der Waals surface area contributed by atoms with Crippen LogP contribution in [0.3, 0.4) is 0 Å². The third kappa shape index (κ3) is 4.24. The van der Waals surface area contributed by atoms with Crippen LogP contribution in [0, 0.1) is 0 Å². The van der Waals surface area contributed by atoms with E-state index in [1.165, 1.54) is 0 Å². The van der Waals surface area contributed by atoms with Crippen molar-refractivity contribution in [3.05, 3.63) is 28.8 Å². The summed E-state index contributed by atoms with van der Waals surface area (Å²) < 4.78 is 4.95. The van der Waals surface area contributed by atoms with Crippen molar-refractivity contribution in [2.45, 2.75) is 19.4 Å². The Balaban J connectivity index is 2.60. The minimum atomic E-state index is -0.156. The summed E-state index contributed by atoms with van der Waals surface area (Å²) in [6.07, 6.45) is 0.769. The molecule has 5 heteroatoms. The molecule has 17 heavy (non-hydrogen) atoms. The van der Waals surface area contributed by atoms with E-state index in [2.05, 4.69) is 5.32 Å². The van der Waals surface area contributed by atoms with Gasteiger partial charge < -0.3 is 15.8 Å². The van der Waals surface area contributed by atoms with Crippen molar-refractivity contribution in [2.24, 2.45) is 0 Å². The molecule has 0 saturated carbocycles. The molecule has 1 amide bonds. The van der Waals surface area contributed by atoms with Crippen LogP contribution in [-0.2, 0) is 4.74 Å². The highest BCUT2D eigenvalue weighted by Gasteiger charge is 2.10. The standard InChI is InChI=1S/C12H17ClN2O2/c1-8(5-6-17-2)15-12(16)9-3-4-10(13)11(14)7-9/h3-4,7-8H,5-6,14H2,1-2H3,(H,15,16). The predicted molar refractivity (Wildman–Crippen MR) is 69.3 cm³/mol. The third-order valence-corrected chi connectivity index (χ3v) is 2.73. The molecule has 0 spiro atoms. The number of methoxy groups -OCH3 is 1. The second-order valence-electron chi connectivity index (χ2n) is 3.89. The number of carbonyl (C=O) groups excluding carboxylic acids is 1. The van der Waals surface area contributed by atoms with E-state index in [-0.39, 0.29) is 11.9 Å². The maximum absolute atomic E-state index is 11.8. The van der Waals surface area contributed by atoms with Gasteiger partial charge in [-0.05, 0) is 31.5 Å². The van der Waals surface area contributed by atoms with Crippen LogP contribution >= 0.6 is 11.6 Å². The Hall–Kier alpha value is -1.26. The van der Waals surface area contributed by atoms with Crippen LogP contribution in [0.1, 0.15) is 23.7 Å². The van der Waals surface area contributed by atoms with Gasteiger partial charge in [-0.3, -0.25) is 4.79 Å². The molecular formula is C12H17ClN2O2. The summed E-state index contributed by atoms with van der Waals surface area (Å²) in [5.41, 5.74) is 6.55. The number of nitrogens with two attached hydrogens (primary N) is 1. The first-order valence-corrected chi connectivity index (χ1v) is 5.77. The average molecular weight is 257 g/mol. The summed E-state index contributed by atoms with van der Waals surface area (Å²) in [7, 11) is 1.63. The number of rotatable bonds is 5. The lowest BCUT2D eigenvalue weighted by atomic mass is 10.1. The summed E-state index contributed by atoms with van der Waals surface area (Å²) in [4.78, 5) is 11.8. The first-order valence-electron chi connectivity index (χ1n) is 5.39. The molecule has 94 valence electrons. The zero-order valence-electron chi connectivity index (χ0n) is 10.00. The van der Waals surface area contributed by atoms with Gasteiger partial charge in [-0.25, -0.2) is 0 Å². The Kier molecular flexibility index (Phi) is 5.25. The van der Waals surface area contributed by atoms with Crippen LogP contribution in [0.15, 0.2) is 18.2 Å². The summed E-state index contributed by atoms with van der Waals surface area (Å²) in [5, 5.41) is 3.31. The van der Waals surface area contributed by atoms with Crippen LogP contribution < -0.4 is 11.1 Å². The topological polar surface area (TPSA) is 64.3 Å². The Morgan fingerprint density at radius 2 is 2.29 bits per heavy atom. The Bertz CT molecular complexity index is 396. The van der Waals surface area contributed by atoms with Crippen LogP contribution in [0.2, 0.25) is 5.02 Å². The van der Waals surface area contributed by atoms with E-state index in [4.69, 9.17) is 22.1 Å². The lowest BCUT2D eigenvalue weighted by Gasteiger charge is -2.13. The number of amides is 1. The molecular weight excluding hydrogens is 240 g/mol. The molecule has 1 unspecified atom stereocenters. The van der Waals surface area contributed by atoms with E-state index < -0.39 is 0 Å². The summed E-state index contributed by atoms with van der Waals surface area (Å²) >= 11 is 5.79. The van der Waals surface area contributed by atoms with Crippen molar-refractivity contribution in [1.82, 2.24) is 5.32 Å². The van der Waals surface area contributed by atoms with E-state index in [0.29, 0.717) is 22.9 Å². The molecule has 0 aliphatic carbocycles. The van der Waals surface area contributed by atoms with Crippen LogP contribution in [-0.4, -0.2) is 25.7 Å². The summed E-state index contributed by atoms with van der Waals surface area (Å²) in [6.45, 7) is 2.54. The monoisotopic (exact) mass is 256 g/mol. The smallest absolute Gasteiger partial charge is 0.251 e. The van der Waals surface area contributed by atoms with E-state index in [9.17, 15) is 4.79 Å². The van der Waals surface area contributed by atoms with E-state index in [1.807, 2.05) is 6.92 Å². The molecule has 0 aromatic heterocycles. The molecule has 0 bridgehead atoms. The largest absolute Gasteiger partial charge is 0.398 e. The zero-order chi connectivity index (χ0) is 12.8. The minimum absolute atomic E-state index is 0.0550. The fourth-order valence-electron chi connectivity index (χ4n) is 1.36. The van der Waals surface area contributed by atoms with Gasteiger partial charge in [0, 0.05) is 25.3 Å². The number of halogens is 1. The third-order valence-electron chi connectivity index (χ3n) is 2.39. The first-order chi connectivity index (χ1) is 8.04. The number of anilines is 1. The maximum Gasteiger partial charge on any atom is 0.251 e. The van der Waals surface area contributed by atoms with Gasteiger partial charge >= 0.3 is 0 Å². The molecule has 0 fully saturated rings. The van der Waals surface area contributed by atoms with Gasteiger partial charge in [0.2, 0.25) is 0 Å². The SMILES string of the molecule is COCCC(C)NC(=O)c1ccc(Cl)c(N)c1. The van der Waals surface area contributed by atoms with Gasteiger partial charge in [0.05, 0.1) is 10.7 Å². The van der Waals surface area contributed by atoms with Gasteiger partial charge in [0.25, 0.3) is 5.91 Å². The summed E-state index contributed by atoms with van der Waals surface area (Å²) in [6, 6.07) is 4.89. The normalized spacial score (nSPS) is 12.2. The lowest BCUT2D eigenvalue weighted by molar-refractivity contribution is 0.0929. The molecule has 0 heterocycles. The van der Waals surface area contributed by atoms with Crippen molar-refractivity contribution in [3.63, 3.8) is 0 Å². The number of nitrogen functional groups attached to an aromatic ring is 1. The van der Waals surface area contributed by atoms with Gasteiger partial charge in [-0.15, -0.1) is 0 Å². The molecule has 3 N–H and O–H groups in total. The van der Waals surface area contributed by atoms with Crippen LogP contribution in [0.5, 0.6) is 0 Å². The second-order valence-corrected chi connectivity index (χ2v) is 4.30. The molecule has 1 rings (SSSR count). The first kappa shape index (κ1) is 13.8. The minimum Gasteiger partial charge on any atom is -0.398 e.